The summed E-state index contributed by atoms with van der Waals surface area (Å²) in [6.45, 7) is 2.83. The molecule has 1 aliphatic rings. The molecule has 1 aromatic rings. The minimum atomic E-state index is -0.993. The second-order valence-corrected chi connectivity index (χ2v) is 4.57. The van der Waals surface area contributed by atoms with E-state index in [9.17, 15) is 4.79 Å². The summed E-state index contributed by atoms with van der Waals surface area (Å²) < 4.78 is 4.96. The lowest BCUT2D eigenvalue weighted by Gasteiger charge is -2.24. The molecule has 1 saturated carbocycles. The maximum atomic E-state index is 10.9. The molecule has 2 rings (SSSR count). The van der Waals surface area contributed by atoms with Crippen LogP contribution in [0.4, 0.5) is 0 Å². The fourth-order valence-electron chi connectivity index (χ4n) is 2.00. The molecule has 0 spiro atoms. The van der Waals surface area contributed by atoms with Crippen molar-refractivity contribution in [2.75, 3.05) is 7.05 Å². The van der Waals surface area contributed by atoms with Gasteiger partial charge in [-0.3, -0.25) is 4.90 Å². The van der Waals surface area contributed by atoms with Gasteiger partial charge in [-0.05, 0) is 38.8 Å². The largest absolute Gasteiger partial charge is 0.475 e. The first-order valence-corrected chi connectivity index (χ1v) is 5.59. The van der Waals surface area contributed by atoms with Crippen LogP contribution in [-0.4, -0.2) is 29.1 Å². The number of rotatable bonds is 5. The maximum absolute atomic E-state index is 10.9. The predicted molar refractivity (Wildman–Crippen MR) is 59.3 cm³/mol. The Morgan fingerprint density at radius 3 is 2.94 bits per heavy atom. The van der Waals surface area contributed by atoms with Crippen LogP contribution in [0.3, 0.4) is 0 Å². The first kappa shape index (κ1) is 11.2. The van der Waals surface area contributed by atoms with Crippen molar-refractivity contribution < 1.29 is 14.3 Å². The van der Waals surface area contributed by atoms with Crippen molar-refractivity contribution in [3.63, 3.8) is 0 Å². The van der Waals surface area contributed by atoms with Crippen molar-refractivity contribution in [3.8, 4) is 0 Å². The number of hydrogen-bond donors (Lipinski definition) is 1. The Labute approximate surface area is 94.9 Å². The van der Waals surface area contributed by atoms with Gasteiger partial charge in [0.1, 0.15) is 0 Å². The fourth-order valence-corrected chi connectivity index (χ4v) is 2.00. The lowest BCUT2D eigenvalue weighted by atomic mass is 10.1. The Hall–Kier alpha value is -1.29. The Balaban J connectivity index is 2.02. The van der Waals surface area contributed by atoms with Gasteiger partial charge in [0.15, 0.2) is 0 Å². The zero-order chi connectivity index (χ0) is 11.7. The first-order valence-electron chi connectivity index (χ1n) is 5.59. The zero-order valence-corrected chi connectivity index (χ0v) is 9.64. The summed E-state index contributed by atoms with van der Waals surface area (Å²) in [4.78, 5) is 13.1. The van der Waals surface area contributed by atoms with Gasteiger partial charge in [-0.1, -0.05) is 0 Å². The summed E-state index contributed by atoms with van der Waals surface area (Å²) in [7, 11) is 2.03. The van der Waals surface area contributed by atoms with Gasteiger partial charge in [-0.15, -0.1) is 0 Å². The highest BCUT2D eigenvalue weighted by Crippen LogP contribution is 2.35. The minimum Gasteiger partial charge on any atom is -0.475 e. The van der Waals surface area contributed by atoms with Crippen LogP contribution >= 0.6 is 0 Å². The molecule has 4 nitrogen and oxygen atoms in total. The van der Waals surface area contributed by atoms with E-state index in [1.54, 1.807) is 6.07 Å². The van der Waals surface area contributed by atoms with Crippen LogP contribution in [0.2, 0.25) is 0 Å². The second-order valence-electron chi connectivity index (χ2n) is 4.57. The summed E-state index contributed by atoms with van der Waals surface area (Å²) in [6.07, 6.45) is 4.03. The molecule has 0 radical (unpaired) electrons. The van der Waals surface area contributed by atoms with Crippen LogP contribution in [0.5, 0.6) is 0 Å². The third-order valence-corrected chi connectivity index (χ3v) is 3.36. The van der Waals surface area contributed by atoms with Crippen molar-refractivity contribution in [3.05, 3.63) is 23.7 Å². The van der Waals surface area contributed by atoms with E-state index in [2.05, 4.69) is 11.8 Å². The molecule has 1 fully saturated rings. The molecule has 0 saturated heterocycles. The van der Waals surface area contributed by atoms with Gasteiger partial charge < -0.3 is 9.52 Å². The van der Waals surface area contributed by atoms with E-state index in [1.165, 1.54) is 19.1 Å². The molecule has 0 bridgehead atoms. The highest BCUT2D eigenvalue weighted by Gasteiger charge is 2.31. The van der Waals surface area contributed by atoms with Gasteiger partial charge >= 0.3 is 5.97 Å². The molecule has 1 aromatic heterocycles. The van der Waals surface area contributed by atoms with Crippen molar-refractivity contribution in [1.82, 2.24) is 4.90 Å². The summed E-state index contributed by atoms with van der Waals surface area (Å²) in [6, 6.07) is 2.25. The van der Waals surface area contributed by atoms with Crippen LogP contribution in [0.15, 0.2) is 16.7 Å². The number of aromatic carboxylic acids is 1. The van der Waals surface area contributed by atoms with Crippen LogP contribution in [0, 0.1) is 5.92 Å². The third kappa shape index (κ3) is 2.27. The van der Waals surface area contributed by atoms with E-state index < -0.39 is 5.97 Å². The molecule has 0 aromatic carbocycles. The average molecular weight is 223 g/mol. The van der Waals surface area contributed by atoms with Crippen molar-refractivity contribution >= 4 is 5.97 Å². The number of carbonyl (C=O) groups is 1. The molecule has 1 aliphatic carbocycles. The smallest absolute Gasteiger partial charge is 0.372 e. The zero-order valence-electron chi connectivity index (χ0n) is 9.64. The van der Waals surface area contributed by atoms with Gasteiger partial charge in [0.2, 0.25) is 5.76 Å². The number of carboxylic acids is 1. The van der Waals surface area contributed by atoms with Crippen LogP contribution in [0.25, 0.3) is 0 Å². The van der Waals surface area contributed by atoms with Crippen LogP contribution < -0.4 is 0 Å². The lowest BCUT2D eigenvalue weighted by Crippen LogP contribution is -2.30. The standard InChI is InChI=1S/C12H17NO3/c1-8(9-3-4-9)13(2)7-10-5-6-16-11(10)12(14)15/h5-6,8-9H,3-4,7H2,1-2H3,(H,14,15). The number of nitrogens with zero attached hydrogens (tertiary/aromatic N) is 1. The Kier molecular flexibility index (Phi) is 3.01. The Morgan fingerprint density at radius 2 is 2.38 bits per heavy atom. The molecule has 0 amide bonds. The lowest BCUT2D eigenvalue weighted by molar-refractivity contribution is 0.0658. The van der Waals surface area contributed by atoms with Gasteiger partial charge in [0, 0.05) is 18.2 Å². The monoisotopic (exact) mass is 223 g/mol. The normalized spacial score (nSPS) is 17.7. The van der Waals surface area contributed by atoms with Crippen molar-refractivity contribution in [2.45, 2.75) is 32.4 Å². The van der Waals surface area contributed by atoms with Crippen LogP contribution in [0.1, 0.15) is 35.9 Å². The summed E-state index contributed by atoms with van der Waals surface area (Å²) in [5, 5.41) is 8.92. The van der Waals surface area contributed by atoms with Crippen molar-refractivity contribution in [1.29, 1.82) is 0 Å². The first-order chi connectivity index (χ1) is 7.59. The van der Waals surface area contributed by atoms with E-state index in [4.69, 9.17) is 9.52 Å². The molecular formula is C12H17NO3. The molecule has 0 aliphatic heterocycles. The van der Waals surface area contributed by atoms with Crippen LogP contribution in [-0.2, 0) is 6.54 Å². The predicted octanol–water partition coefficient (Wildman–Crippen LogP) is 2.21. The van der Waals surface area contributed by atoms with E-state index >= 15 is 0 Å². The fraction of sp³-hybridized carbons (Fsp3) is 0.583. The molecule has 1 N–H and O–H groups in total. The quantitative estimate of drug-likeness (QED) is 0.831. The molecule has 4 heteroatoms. The Morgan fingerprint density at radius 1 is 1.69 bits per heavy atom. The maximum Gasteiger partial charge on any atom is 0.372 e. The molecule has 88 valence electrons. The summed E-state index contributed by atoms with van der Waals surface area (Å²) >= 11 is 0. The number of carboxylic acid groups (broad SMARTS) is 1. The topological polar surface area (TPSA) is 53.7 Å². The molecule has 16 heavy (non-hydrogen) atoms. The van der Waals surface area contributed by atoms with Gasteiger partial charge in [0.25, 0.3) is 0 Å². The van der Waals surface area contributed by atoms with Gasteiger partial charge in [-0.2, -0.15) is 0 Å². The molecular weight excluding hydrogens is 206 g/mol. The van der Waals surface area contributed by atoms with E-state index in [-0.39, 0.29) is 5.76 Å². The third-order valence-electron chi connectivity index (χ3n) is 3.36. The molecule has 1 unspecified atom stereocenters. The number of furan rings is 1. The highest BCUT2D eigenvalue weighted by molar-refractivity contribution is 5.86. The Bertz CT molecular complexity index is 381. The highest BCUT2D eigenvalue weighted by atomic mass is 16.4. The van der Waals surface area contributed by atoms with E-state index in [0.29, 0.717) is 12.6 Å². The van der Waals surface area contributed by atoms with Gasteiger partial charge in [0.05, 0.1) is 6.26 Å². The second kappa shape index (κ2) is 4.29. The van der Waals surface area contributed by atoms with E-state index in [0.717, 1.165) is 11.5 Å². The summed E-state index contributed by atoms with van der Waals surface area (Å²) in [5.41, 5.74) is 0.752. The van der Waals surface area contributed by atoms with Gasteiger partial charge in [-0.25, -0.2) is 4.79 Å². The SMILES string of the molecule is CC(C1CC1)N(C)Cc1ccoc1C(=O)O. The molecule has 1 heterocycles. The minimum absolute atomic E-state index is 0.0647. The average Bonchev–Trinajstić information content (AvgIpc) is 2.97. The molecule has 1 atom stereocenters. The van der Waals surface area contributed by atoms with Crippen molar-refractivity contribution in [2.24, 2.45) is 5.92 Å². The number of hydrogen-bond acceptors (Lipinski definition) is 3. The summed E-state index contributed by atoms with van der Waals surface area (Å²) in [5.74, 6) is -0.146. The van der Waals surface area contributed by atoms with E-state index in [1.807, 2.05) is 7.05 Å².